The van der Waals surface area contributed by atoms with Crippen LogP contribution in [0.15, 0.2) is 29.2 Å². The van der Waals surface area contributed by atoms with E-state index < -0.39 is 10.0 Å². The molecule has 0 aliphatic heterocycles. The molecule has 1 aromatic rings. The first-order valence-corrected chi connectivity index (χ1v) is 12.3. The summed E-state index contributed by atoms with van der Waals surface area (Å²) >= 11 is -0.0922. The summed E-state index contributed by atoms with van der Waals surface area (Å²) in [5.74, 6) is 0.331. The van der Waals surface area contributed by atoms with Crippen molar-refractivity contribution in [1.82, 2.24) is 4.72 Å². The molecule has 1 N–H and O–H groups in total. The zero-order chi connectivity index (χ0) is 15.9. The van der Waals surface area contributed by atoms with E-state index in [2.05, 4.69) is 25.5 Å². The zero-order valence-corrected chi connectivity index (χ0v) is 16.6. The first-order chi connectivity index (χ1) is 9.86. The van der Waals surface area contributed by atoms with Crippen molar-refractivity contribution in [3.63, 3.8) is 0 Å². The van der Waals surface area contributed by atoms with E-state index in [0.29, 0.717) is 10.8 Å². The van der Waals surface area contributed by atoms with Gasteiger partial charge in [0.2, 0.25) is 0 Å². The topological polar surface area (TPSA) is 46.2 Å². The second-order valence-electron chi connectivity index (χ2n) is 5.71. The average molecular weight is 425 g/mol. The molecule has 1 aromatic carbocycles. The molecule has 0 aromatic heterocycles. The molecule has 0 aliphatic carbocycles. The Bertz CT molecular complexity index is 512. The molecule has 0 unspecified atom stereocenters. The number of sulfonamides is 1. The quantitative estimate of drug-likeness (QED) is 0.486. The third kappa shape index (κ3) is 6.69. The summed E-state index contributed by atoms with van der Waals surface area (Å²) in [7, 11) is -3.39. The van der Waals surface area contributed by atoms with E-state index in [1.807, 2.05) is 19.1 Å². The van der Waals surface area contributed by atoms with Crippen LogP contribution < -0.4 is 4.72 Å². The minimum absolute atomic E-state index is 0.0653. The van der Waals surface area contributed by atoms with Crippen molar-refractivity contribution in [1.29, 1.82) is 0 Å². The van der Waals surface area contributed by atoms with Gasteiger partial charge in [-0.2, -0.15) is 0 Å². The third-order valence-electron chi connectivity index (χ3n) is 3.38. The summed E-state index contributed by atoms with van der Waals surface area (Å²) in [5, 5.41) is 0. The molecule has 21 heavy (non-hydrogen) atoms. The van der Waals surface area contributed by atoms with Gasteiger partial charge >= 0.3 is 140 Å². The van der Waals surface area contributed by atoms with Gasteiger partial charge in [-0.25, -0.2) is 0 Å². The molecule has 0 saturated heterocycles. The molecule has 5 heteroatoms. The average Bonchev–Trinajstić information content (AvgIpc) is 2.42. The summed E-state index contributed by atoms with van der Waals surface area (Å²) in [4.78, 5) is 0.368. The van der Waals surface area contributed by atoms with E-state index in [-0.39, 0.29) is 27.0 Å². The van der Waals surface area contributed by atoms with Gasteiger partial charge in [0.05, 0.1) is 0 Å². The third-order valence-corrected chi connectivity index (χ3v) is 8.23. The van der Waals surface area contributed by atoms with Gasteiger partial charge in [0.15, 0.2) is 0 Å². The molecule has 0 fully saturated rings. The van der Waals surface area contributed by atoms with Crippen molar-refractivity contribution in [2.24, 2.45) is 5.92 Å². The van der Waals surface area contributed by atoms with E-state index in [1.54, 1.807) is 12.1 Å². The fourth-order valence-corrected chi connectivity index (χ4v) is 7.46. The first kappa shape index (κ1) is 19.0. The molecule has 0 aliphatic rings. The molecular formula is C16H27NO2STe. The Morgan fingerprint density at radius 2 is 1.81 bits per heavy atom. The van der Waals surface area contributed by atoms with Gasteiger partial charge in [-0.1, -0.05) is 0 Å². The van der Waals surface area contributed by atoms with E-state index in [0.717, 1.165) is 10.0 Å². The number of nitrogens with one attached hydrogen (secondary N) is 1. The van der Waals surface area contributed by atoms with Crippen LogP contribution in [-0.2, 0) is 10.0 Å². The summed E-state index contributed by atoms with van der Waals surface area (Å²) in [6.07, 6.45) is 2.50. The van der Waals surface area contributed by atoms with Gasteiger partial charge in [0, 0.05) is 0 Å². The molecule has 1 rings (SSSR count). The van der Waals surface area contributed by atoms with Crippen LogP contribution in [0.4, 0.5) is 0 Å². The molecule has 3 nitrogen and oxygen atoms in total. The second-order valence-corrected chi connectivity index (χ2v) is 10.7. The molecule has 0 radical (unpaired) electrons. The molecule has 0 spiro atoms. The summed E-state index contributed by atoms with van der Waals surface area (Å²) < 4.78 is 30.1. The van der Waals surface area contributed by atoms with Crippen LogP contribution in [0, 0.1) is 12.8 Å². The number of hydrogen-bond acceptors (Lipinski definition) is 2. The molecule has 0 saturated carbocycles. The standard InChI is InChI=1S/C16H27NO2STe/c1-5-6-11-21-12-16(13(2)3)17-20(18,19)15-9-7-14(4)8-10-15/h7-10,13,16-17H,5-6,11-12H2,1-4H3/t16-/m1/s1. The van der Waals surface area contributed by atoms with Crippen LogP contribution in [-0.4, -0.2) is 35.4 Å². The van der Waals surface area contributed by atoms with Crippen LogP contribution in [0.25, 0.3) is 0 Å². The van der Waals surface area contributed by atoms with Crippen LogP contribution >= 0.6 is 0 Å². The van der Waals surface area contributed by atoms with Crippen molar-refractivity contribution < 1.29 is 8.42 Å². The van der Waals surface area contributed by atoms with Crippen molar-refractivity contribution in [3.8, 4) is 0 Å². The molecule has 0 heterocycles. The number of rotatable bonds is 9. The Kier molecular flexibility index (Phi) is 8.26. The minimum atomic E-state index is -3.39. The van der Waals surface area contributed by atoms with Gasteiger partial charge in [-0.05, 0) is 0 Å². The molecule has 1 atom stereocenters. The zero-order valence-electron chi connectivity index (χ0n) is 13.4. The molecule has 0 bridgehead atoms. The van der Waals surface area contributed by atoms with E-state index in [4.69, 9.17) is 0 Å². The molecule has 120 valence electrons. The van der Waals surface area contributed by atoms with Crippen molar-refractivity contribution in [2.45, 2.75) is 60.4 Å². The Morgan fingerprint density at radius 3 is 2.33 bits per heavy atom. The van der Waals surface area contributed by atoms with Crippen LogP contribution in [0.1, 0.15) is 39.2 Å². The summed E-state index contributed by atoms with van der Waals surface area (Å²) in [5.41, 5.74) is 1.07. The SMILES string of the molecule is CCCC[Te]C[C@@H](NS(=O)(=O)c1ccc(C)cc1)C(C)C. The maximum atomic E-state index is 12.5. The Morgan fingerprint density at radius 1 is 1.19 bits per heavy atom. The monoisotopic (exact) mass is 427 g/mol. The van der Waals surface area contributed by atoms with Crippen LogP contribution in [0.5, 0.6) is 0 Å². The first-order valence-electron chi connectivity index (χ1n) is 7.53. The van der Waals surface area contributed by atoms with E-state index >= 15 is 0 Å². The van der Waals surface area contributed by atoms with Gasteiger partial charge in [0.25, 0.3) is 0 Å². The predicted octanol–water partition coefficient (Wildman–Crippen LogP) is 3.64. The number of hydrogen-bond donors (Lipinski definition) is 1. The van der Waals surface area contributed by atoms with Crippen LogP contribution in [0.2, 0.25) is 8.94 Å². The van der Waals surface area contributed by atoms with Crippen molar-refractivity contribution in [3.05, 3.63) is 29.8 Å². The van der Waals surface area contributed by atoms with Gasteiger partial charge in [-0.3, -0.25) is 0 Å². The fraction of sp³-hybridized carbons (Fsp3) is 0.625. The summed E-state index contributed by atoms with van der Waals surface area (Å²) in [6.45, 7) is 8.34. The second kappa shape index (κ2) is 9.15. The van der Waals surface area contributed by atoms with Crippen LogP contribution in [0.3, 0.4) is 0 Å². The fourth-order valence-electron chi connectivity index (χ4n) is 1.80. The van der Waals surface area contributed by atoms with Gasteiger partial charge in [-0.15, -0.1) is 0 Å². The van der Waals surface area contributed by atoms with Gasteiger partial charge < -0.3 is 0 Å². The molecule has 0 amide bonds. The van der Waals surface area contributed by atoms with Crippen molar-refractivity contribution in [2.75, 3.05) is 0 Å². The Hall–Kier alpha value is -0.0804. The Balaban J connectivity index is 2.70. The number of benzene rings is 1. The summed E-state index contributed by atoms with van der Waals surface area (Å²) in [6, 6.07) is 7.12. The van der Waals surface area contributed by atoms with Gasteiger partial charge in [0.1, 0.15) is 0 Å². The van der Waals surface area contributed by atoms with E-state index in [9.17, 15) is 8.42 Å². The normalized spacial score (nSPS) is 13.6. The molecular weight excluding hydrogens is 398 g/mol. The van der Waals surface area contributed by atoms with Crippen molar-refractivity contribution >= 4 is 30.9 Å². The van der Waals surface area contributed by atoms with E-state index in [1.165, 1.54) is 17.3 Å². The Labute approximate surface area is 140 Å². The number of unbranched alkanes of at least 4 members (excludes halogenated alkanes) is 1. The number of aryl methyl sites for hydroxylation is 1. The predicted molar refractivity (Wildman–Crippen MR) is 90.4 cm³/mol. The maximum absolute atomic E-state index is 12.5.